The van der Waals surface area contributed by atoms with Gasteiger partial charge in [-0.2, -0.15) is 0 Å². The van der Waals surface area contributed by atoms with Gasteiger partial charge in [-0.25, -0.2) is 9.78 Å². The number of nitrogens with one attached hydrogen (secondary N) is 1. The van der Waals surface area contributed by atoms with Gasteiger partial charge in [0.1, 0.15) is 5.82 Å². The van der Waals surface area contributed by atoms with Crippen molar-refractivity contribution in [2.45, 2.75) is 6.42 Å². The van der Waals surface area contributed by atoms with Gasteiger partial charge in [0.25, 0.3) is 0 Å². The molecule has 0 aliphatic carbocycles. The molecular weight excluding hydrogens is 232 g/mol. The highest BCUT2D eigenvalue weighted by Gasteiger charge is 2.24. The summed E-state index contributed by atoms with van der Waals surface area (Å²) in [6, 6.07) is 2.85. The molecule has 1 aliphatic heterocycles. The maximum Gasteiger partial charge on any atom is 0.328 e. The summed E-state index contributed by atoms with van der Waals surface area (Å²) in [6.07, 6.45) is 1.82. The minimum atomic E-state index is -0.420. The molecule has 0 aromatic carbocycles. The average molecular weight is 243 g/mol. The molecule has 1 aliphatic rings. The average Bonchev–Trinajstić information content (AvgIpc) is 2.17. The highest BCUT2D eigenvalue weighted by Crippen LogP contribution is 2.17. The maximum atomic E-state index is 11.4. The molecule has 0 spiro atoms. The zero-order chi connectivity index (χ0) is 10.8. The first-order chi connectivity index (χ1) is 7.16. The molecule has 0 bridgehead atoms. The van der Waals surface area contributed by atoms with Crippen LogP contribution in [0.15, 0.2) is 18.3 Å². The number of amides is 3. The molecule has 0 saturated carbocycles. The second kappa shape index (κ2) is 4.80. The van der Waals surface area contributed by atoms with E-state index in [1.54, 1.807) is 12.1 Å². The number of hydrogen-bond acceptors (Lipinski definition) is 4. The predicted octanol–water partition coefficient (Wildman–Crippen LogP) is 0.532. The van der Waals surface area contributed by atoms with Gasteiger partial charge in [-0.05, 0) is 6.07 Å². The Hall–Kier alpha value is -1.82. The lowest BCUT2D eigenvalue weighted by molar-refractivity contribution is -0.120. The number of imide groups is 1. The van der Waals surface area contributed by atoms with Crippen molar-refractivity contribution in [2.75, 3.05) is 17.2 Å². The number of anilines is 2. The molecule has 2 heterocycles. The minimum absolute atomic E-state index is 0. The van der Waals surface area contributed by atoms with E-state index in [0.29, 0.717) is 24.5 Å². The van der Waals surface area contributed by atoms with Crippen molar-refractivity contribution >= 4 is 35.9 Å². The minimum Gasteiger partial charge on any atom is -0.384 e. The summed E-state index contributed by atoms with van der Waals surface area (Å²) in [5.41, 5.74) is 6.15. The van der Waals surface area contributed by atoms with Crippen LogP contribution in [0, 0.1) is 0 Å². The van der Waals surface area contributed by atoms with Crippen LogP contribution in [0.5, 0.6) is 0 Å². The van der Waals surface area contributed by atoms with E-state index in [4.69, 9.17) is 5.73 Å². The third-order valence-corrected chi connectivity index (χ3v) is 2.13. The Labute approximate surface area is 98.2 Å². The van der Waals surface area contributed by atoms with Crippen molar-refractivity contribution in [1.29, 1.82) is 0 Å². The first-order valence-electron chi connectivity index (χ1n) is 4.50. The van der Waals surface area contributed by atoms with E-state index in [2.05, 4.69) is 10.3 Å². The first kappa shape index (κ1) is 12.3. The van der Waals surface area contributed by atoms with Gasteiger partial charge in [-0.15, -0.1) is 12.4 Å². The zero-order valence-electron chi connectivity index (χ0n) is 8.34. The van der Waals surface area contributed by atoms with Gasteiger partial charge >= 0.3 is 6.03 Å². The van der Waals surface area contributed by atoms with Crippen molar-refractivity contribution in [2.24, 2.45) is 0 Å². The van der Waals surface area contributed by atoms with Crippen LogP contribution in [0.1, 0.15) is 6.42 Å². The van der Waals surface area contributed by atoms with E-state index in [0.717, 1.165) is 0 Å². The van der Waals surface area contributed by atoms with Crippen LogP contribution in [-0.2, 0) is 4.79 Å². The Morgan fingerprint density at radius 2 is 2.19 bits per heavy atom. The molecule has 3 amide bonds. The number of pyridine rings is 1. The number of nitrogens with zero attached hydrogens (tertiary/aromatic N) is 2. The van der Waals surface area contributed by atoms with Crippen molar-refractivity contribution in [3.63, 3.8) is 0 Å². The number of rotatable bonds is 1. The highest BCUT2D eigenvalue weighted by molar-refractivity contribution is 6.05. The van der Waals surface area contributed by atoms with Crippen molar-refractivity contribution in [1.82, 2.24) is 10.3 Å². The Balaban J connectivity index is 0.00000128. The predicted molar refractivity (Wildman–Crippen MR) is 61.4 cm³/mol. The number of halogens is 1. The van der Waals surface area contributed by atoms with Crippen molar-refractivity contribution in [3.8, 4) is 0 Å². The van der Waals surface area contributed by atoms with E-state index < -0.39 is 6.03 Å². The second-order valence-electron chi connectivity index (χ2n) is 3.19. The fourth-order valence-corrected chi connectivity index (χ4v) is 1.41. The van der Waals surface area contributed by atoms with Gasteiger partial charge < -0.3 is 5.73 Å². The van der Waals surface area contributed by atoms with Crippen molar-refractivity contribution in [3.05, 3.63) is 18.3 Å². The van der Waals surface area contributed by atoms with Gasteiger partial charge in [0.15, 0.2) is 0 Å². The Bertz CT molecular complexity index is 424. The molecule has 86 valence electrons. The number of carbonyl (C=O) groups excluding carboxylic acids is 2. The molecule has 3 N–H and O–H groups in total. The van der Waals surface area contributed by atoms with Gasteiger partial charge in [0.2, 0.25) is 5.91 Å². The van der Waals surface area contributed by atoms with Crippen LogP contribution >= 0.6 is 12.4 Å². The third kappa shape index (κ3) is 2.40. The normalized spacial score (nSPS) is 15.4. The second-order valence-corrected chi connectivity index (χ2v) is 3.19. The molecule has 1 fully saturated rings. The summed E-state index contributed by atoms with van der Waals surface area (Å²) in [6.45, 7) is 0.369. The lowest BCUT2D eigenvalue weighted by atomic mass is 10.2. The zero-order valence-corrected chi connectivity index (χ0v) is 9.16. The van der Waals surface area contributed by atoms with Gasteiger partial charge in [-0.3, -0.25) is 15.0 Å². The Morgan fingerprint density at radius 3 is 2.81 bits per heavy atom. The van der Waals surface area contributed by atoms with E-state index >= 15 is 0 Å². The smallest absolute Gasteiger partial charge is 0.328 e. The van der Waals surface area contributed by atoms with Gasteiger partial charge in [0, 0.05) is 25.2 Å². The van der Waals surface area contributed by atoms with Gasteiger partial charge in [0.05, 0.1) is 5.69 Å². The molecule has 1 aromatic heterocycles. The largest absolute Gasteiger partial charge is 0.384 e. The SMILES string of the molecule is Cl.Nc1cc(N2CCC(=O)NC2=O)ccn1. The first-order valence-corrected chi connectivity index (χ1v) is 4.50. The quantitative estimate of drug-likeness (QED) is 0.752. The molecule has 1 saturated heterocycles. The fraction of sp³-hybridized carbons (Fsp3) is 0.222. The molecule has 1 aromatic rings. The molecule has 0 radical (unpaired) electrons. The van der Waals surface area contributed by atoms with Crippen LogP contribution in [-0.4, -0.2) is 23.5 Å². The number of nitrogen functional groups attached to an aromatic ring is 1. The third-order valence-electron chi connectivity index (χ3n) is 2.13. The van der Waals surface area contributed by atoms with Gasteiger partial charge in [-0.1, -0.05) is 0 Å². The molecule has 0 atom stereocenters. The molecular formula is C9H11ClN4O2. The number of hydrogen-bond donors (Lipinski definition) is 2. The number of nitrogens with two attached hydrogens (primary N) is 1. The maximum absolute atomic E-state index is 11.4. The summed E-state index contributed by atoms with van der Waals surface area (Å²) in [7, 11) is 0. The van der Waals surface area contributed by atoms with Crippen molar-refractivity contribution < 1.29 is 9.59 Å². The number of urea groups is 1. The Kier molecular flexibility index (Phi) is 3.68. The Morgan fingerprint density at radius 1 is 1.44 bits per heavy atom. The van der Waals surface area contributed by atoms with E-state index in [9.17, 15) is 9.59 Å². The topological polar surface area (TPSA) is 88.3 Å². The standard InChI is InChI=1S/C9H10N4O2.ClH/c10-7-5-6(1-3-11-7)13-4-2-8(14)12-9(13)15;/h1,3,5H,2,4H2,(H2,10,11)(H,12,14,15);1H. The molecule has 0 unspecified atom stereocenters. The lowest BCUT2D eigenvalue weighted by Crippen LogP contribution is -2.49. The van der Waals surface area contributed by atoms with E-state index in [1.807, 2.05) is 0 Å². The summed E-state index contributed by atoms with van der Waals surface area (Å²) in [5, 5.41) is 2.23. The van der Waals surface area contributed by atoms with Crippen LogP contribution < -0.4 is 16.0 Å². The summed E-state index contributed by atoms with van der Waals surface area (Å²) < 4.78 is 0. The van der Waals surface area contributed by atoms with Crippen LogP contribution in [0.2, 0.25) is 0 Å². The molecule has 6 nitrogen and oxygen atoms in total. The lowest BCUT2D eigenvalue weighted by Gasteiger charge is -2.26. The van der Waals surface area contributed by atoms with Crippen LogP contribution in [0.3, 0.4) is 0 Å². The molecule has 2 rings (SSSR count). The summed E-state index contributed by atoms with van der Waals surface area (Å²) in [5.74, 6) is 0.0930. The monoisotopic (exact) mass is 242 g/mol. The summed E-state index contributed by atoms with van der Waals surface area (Å²) >= 11 is 0. The summed E-state index contributed by atoms with van der Waals surface area (Å²) in [4.78, 5) is 27.7. The van der Waals surface area contributed by atoms with E-state index in [1.165, 1.54) is 11.1 Å². The highest BCUT2D eigenvalue weighted by atomic mass is 35.5. The molecule has 7 heteroatoms. The van der Waals surface area contributed by atoms with E-state index in [-0.39, 0.29) is 18.3 Å². The van der Waals surface area contributed by atoms with Crippen LogP contribution in [0.4, 0.5) is 16.3 Å². The molecule has 16 heavy (non-hydrogen) atoms. The van der Waals surface area contributed by atoms with Crippen LogP contribution in [0.25, 0.3) is 0 Å². The number of carbonyl (C=O) groups is 2. The number of aromatic nitrogens is 1. The fourth-order valence-electron chi connectivity index (χ4n) is 1.41.